The van der Waals surface area contributed by atoms with Gasteiger partial charge in [-0.1, -0.05) is 13.8 Å². The molecule has 0 spiro atoms. The second kappa shape index (κ2) is 8.08. The van der Waals surface area contributed by atoms with Crippen LogP contribution in [0.5, 0.6) is 0 Å². The second-order valence-corrected chi connectivity index (χ2v) is 6.09. The first-order valence-electron chi connectivity index (χ1n) is 8.28. The molecule has 1 aromatic rings. The van der Waals surface area contributed by atoms with Crippen molar-refractivity contribution in [2.45, 2.75) is 58.3 Å². The Bertz CT molecular complexity index is 533. The van der Waals surface area contributed by atoms with Crippen molar-refractivity contribution in [3.05, 3.63) is 11.8 Å². The SMILES string of the molecule is CCOC(=O)CCC(=O)N1CCC(c2nnc(C(C)C)o2)CC1. The molecule has 1 aliphatic heterocycles. The van der Waals surface area contributed by atoms with E-state index in [4.69, 9.17) is 9.15 Å². The molecule has 1 fully saturated rings. The Morgan fingerprint density at radius 2 is 1.96 bits per heavy atom. The first-order chi connectivity index (χ1) is 11.0. The fraction of sp³-hybridized carbons (Fsp3) is 0.750. The van der Waals surface area contributed by atoms with E-state index in [9.17, 15) is 9.59 Å². The Balaban J connectivity index is 1.78. The van der Waals surface area contributed by atoms with Gasteiger partial charge in [0.05, 0.1) is 13.0 Å². The fourth-order valence-electron chi connectivity index (χ4n) is 2.62. The normalized spacial score (nSPS) is 15.9. The zero-order valence-electron chi connectivity index (χ0n) is 14.1. The summed E-state index contributed by atoms with van der Waals surface area (Å²) in [6.07, 6.45) is 1.98. The first-order valence-corrected chi connectivity index (χ1v) is 8.28. The zero-order valence-corrected chi connectivity index (χ0v) is 14.1. The summed E-state index contributed by atoms with van der Waals surface area (Å²) in [6.45, 7) is 7.45. The highest BCUT2D eigenvalue weighted by Gasteiger charge is 2.27. The highest BCUT2D eigenvalue weighted by Crippen LogP contribution is 2.28. The lowest BCUT2D eigenvalue weighted by Gasteiger charge is -2.30. The van der Waals surface area contributed by atoms with Crippen molar-refractivity contribution in [3.8, 4) is 0 Å². The van der Waals surface area contributed by atoms with Gasteiger partial charge in [0.15, 0.2) is 0 Å². The lowest BCUT2D eigenvalue weighted by Crippen LogP contribution is -2.38. The molecule has 7 heteroatoms. The van der Waals surface area contributed by atoms with Crippen LogP contribution in [-0.2, 0) is 14.3 Å². The first kappa shape index (κ1) is 17.4. The summed E-state index contributed by atoms with van der Waals surface area (Å²) in [5.74, 6) is 1.46. The van der Waals surface area contributed by atoms with Gasteiger partial charge >= 0.3 is 5.97 Å². The molecule has 2 rings (SSSR count). The third-order valence-corrected chi connectivity index (χ3v) is 4.00. The van der Waals surface area contributed by atoms with Crippen molar-refractivity contribution in [1.82, 2.24) is 15.1 Å². The van der Waals surface area contributed by atoms with Crippen LogP contribution in [0.2, 0.25) is 0 Å². The summed E-state index contributed by atoms with van der Waals surface area (Å²) in [5, 5.41) is 8.19. The van der Waals surface area contributed by atoms with E-state index in [-0.39, 0.29) is 36.6 Å². The summed E-state index contributed by atoms with van der Waals surface area (Å²) >= 11 is 0. The number of hydrogen-bond donors (Lipinski definition) is 0. The minimum atomic E-state index is -0.317. The molecule has 0 radical (unpaired) electrons. The standard InChI is InChI=1S/C16H25N3O4/c1-4-22-14(21)6-5-13(20)19-9-7-12(8-10-19)16-18-17-15(23-16)11(2)3/h11-12H,4-10H2,1-3H3. The van der Waals surface area contributed by atoms with Crippen molar-refractivity contribution in [1.29, 1.82) is 0 Å². The van der Waals surface area contributed by atoms with Gasteiger partial charge in [-0.3, -0.25) is 9.59 Å². The van der Waals surface area contributed by atoms with Gasteiger partial charge in [0.1, 0.15) is 0 Å². The Kier molecular flexibility index (Phi) is 6.12. The Morgan fingerprint density at radius 1 is 1.26 bits per heavy atom. The molecular weight excluding hydrogens is 298 g/mol. The lowest BCUT2D eigenvalue weighted by molar-refractivity contribution is -0.145. The number of rotatable bonds is 6. The van der Waals surface area contributed by atoms with Gasteiger partial charge < -0.3 is 14.1 Å². The maximum absolute atomic E-state index is 12.1. The molecule has 7 nitrogen and oxygen atoms in total. The Hall–Kier alpha value is -1.92. The van der Waals surface area contributed by atoms with Gasteiger partial charge in [-0.25, -0.2) is 0 Å². The van der Waals surface area contributed by atoms with Crippen LogP contribution in [0.4, 0.5) is 0 Å². The van der Waals surface area contributed by atoms with Crippen LogP contribution >= 0.6 is 0 Å². The van der Waals surface area contributed by atoms with Crippen molar-refractivity contribution < 1.29 is 18.7 Å². The molecule has 0 saturated carbocycles. The molecule has 2 heterocycles. The smallest absolute Gasteiger partial charge is 0.306 e. The van der Waals surface area contributed by atoms with Crippen molar-refractivity contribution in [3.63, 3.8) is 0 Å². The van der Waals surface area contributed by atoms with E-state index in [1.807, 2.05) is 13.8 Å². The maximum Gasteiger partial charge on any atom is 0.306 e. The molecule has 0 aliphatic carbocycles. The lowest BCUT2D eigenvalue weighted by atomic mass is 9.96. The molecule has 0 bridgehead atoms. The van der Waals surface area contributed by atoms with Gasteiger partial charge in [-0.05, 0) is 19.8 Å². The van der Waals surface area contributed by atoms with Crippen LogP contribution in [0.3, 0.4) is 0 Å². The fourth-order valence-corrected chi connectivity index (χ4v) is 2.62. The molecule has 1 amide bonds. The van der Waals surface area contributed by atoms with Crippen molar-refractivity contribution in [2.24, 2.45) is 0 Å². The van der Waals surface area contributed by atoms with E-state index in [2.05, 4.69) is 10.2 Å². The van der Waals surface area contributed by atoms with Crippen LogP contribution in [0.1, 0.15) is 70.1 Å². The monoisotopic (exact) mass is 323 g/mol. The number of nitrogens with zero attached hydrogens (tertiary/aromatic N) is 3. The highest BCUT2D eigenvalue weighted by molar-refractivity contribution is 5.81. The number of esters is 1. The van der Waals surface area contributed by atoms with E-state index in [1.54, 1.807) is 11.8 Å². The maximum atomic E-state index is 12.1. The molecule has 1 aromatic heterocycles. The third-order valence-electron chi connectivity index (χ3n) is 4.00. The summed E-state index contributed by atoms with van der Waals surface area (Å²) < 4.78 is 10.5. The molecule has 0 atom stereocenters. The number of hydrogen-bond acceptors (Lipinski definition) is 6. The van der Waals surface area contributed by atoms with Crippen LogP contribution < -0.4 is 0 Å². The van der Waals surface area contributed by atoms with Crippen molar-refractivity contribution >= 4 is 11.9 Å². The molecule has 0 unspecified atom stereocenters. The number of piperidine rings is 1. The largest absolute Gasteiger partial charge is 0.466 e. The van der Waals surface area contributed by atoms with Crippen molar-refractivity contribution in [2.75, 3.05) is 19.7 Å². The van der Waals surface area contributed by atoms with E-state index < -0.39 is 0 Å². The number of aromatic nitrogens is 2. The predicted molar refractivity (Wildman–Crippen MR) is 82.8 cm³/mol. The molecule has 23 heavy (non-hydrogen) atoms. The highest BCUT2D eigenvalue weighted by atomic mass is 16.5. The average molecular weight is 323 g/mol. The Labute approximate surface area is 136 Å². The van der Waals surface area contributed by atoms with E-state index >= 15 is 0 Å². The molecule has 128 valence electrons. The summed E-state index contributed by atoms with van der Waals surface area (Å²) in [4.78, 5) is 25.2. The molecule has 1 saturated heterocycles. The quantitative estimate of drug-likeness (QED) is 0.746. The number of ether oxygens (including phenoxy) is 1. The minimum absolute atomic E-state index is 0.00454. The summed E-state index contributed by atoms with van der Waals surface area (Å²) in [6, 6.07) is 0. The zero-order chi connectivity index (χ0) is 16.8. The topological polar surface area (TPSA) is 85.5 Å². The van der Waals surface area contributed by atoms with Crippen LogP contribution in [-0.4, -0.2) is 46.7 Å². The number of likely N-dealkylation sites (tertiary alicyclic amines) is 1. The summed E-state index contributed by atoms with van der Waals surface area (Å²) in [7, 11) is 0. The van der Waals surface area contributed by atoms with Gasteiger partial charge in [-0.2, -0.15) is 0 Å². The molecule has 0 N–H and O–H groups in total. The number of carbonyl (C=O) groups excluding carboxylic acids is 2. The van der Waals surface area contributed by atoms with E-state index in [0.29, 0.717) is 31.5 Å². The number of carbonyl (C=O) groups is 2. The van der Waals surface area contributed by atoms with Gasteiger partial charge in [0.2, 0.25) is 17.7 Å². The second-order valence-electron chi connectivity index (χ2n) is 6.09. The summed E-state index contributed by atoms with van der Waals surface area (Å²) in [5.41, 5.74) is 0. The molecular formula is C16H25N3O4. The van der Waals surface area contributed by atoms with Gasteiger partial charge in [-0.15, -0.1) is 10.2 Å². The Morgan fingerprint density at radius 3 is 2.52 bits per heavy atom. The predicted octanol–water partition coefficient (Wildman–Crippen LogP) is 2.24. The molecule has 1 aliphatic rings. The third kappa shape index (κ3) is 4.77. The average Bonchev–Trinajstić information content (AvgIpc) is 3.03. The van der Waals surface area contributed by atoms with E-state index in [1.165, 1.54) is 0 Å². The van der Waals surface area contributed by atoms with Gasteiger partial charge in [0, 0.05) is 31.3 Å². The van der Waals surface area contributed by atoms with Crippen LogP contribution in [0.25, 0.3) is 0 Å². The molecule has 0 aromatic carbocycles. The van der Waals surface area contributed by atoms with E-state index in [0.717, 1.165) is 12.8 Å². The number of amides is 1. The minimum Gasteiger partial charge on any atom is -0.466 e. The van der Waals surface area contributed by atoms with Crippen LogP contribution in [0, 0.1) is 0 Å². The van der Waals surface area contributed by atoms with Crippen LogP contribution in [0.15, 0.2) is 4.42 Å². The van der Waals surface area contributed by atoms with Gasteiger partial charge in [0.25, 0.3) is 0 Å².